The van der Waals surface area contributed by atoms with Gasteiger partial charge in [-0.05, 0) is 0 Å². The van der Waals surface area contributed by atoms with Crippen molar-refractivity contribution in [3.05, 3.63) is 12.7 Å². The van der Waals surface area contributed by atoms with Gasteiger partial charge in [0.25, 0.3) is 0 Å². The summed E-state index contributed by atoms with van der Waals surface area (Å²) in [5, 5.41) is 11.8. The molecule has 0 amide bonds. The maximum absolute atomic E-state index is 8.52. The fourth-order valence-corrected chi connectivity index (χ4v) is 1.33. The summed E-state index contributed by atoms with van der Waals surface area (Å²) in [6, 6.07) is 2.14. The number of morpholine rings is 1. The van der Waals surface area contributed by atoms with Gasteiger partial charge in [-0.1, -0.05) is 6.08 Å². The molecule has 2 atom stereocenters. The van der Waals surface area contributed by atoms with Gasteiger partial charge in [0.1, 0.15) is 0 Å². The van der Waals surface area contributed by atoms with Gasteiger partial charge in [0.2, 0.25) is 0 Å². The Labute approximate surface area is 73.0 Å². The summed E-state index contributed by atoms with van der Waals surface area (Å²) in [4.78, 5) is 0. The molecule has 3 nitrogen and oxygen atoms in total. The van der Waals surface area contributed by atoms with Crippen LogP contribution in [0.4, 0.5) is 0 Å². The van der Waals surface area contributed by atoms with Crippen LogP contribution in [0.3, 0.4) is 0 Å². The van der Waals surface area contributed by atoms with E-state index in [2.05, 4.69) is 18.0 Å². The summed E-state index contributed by atoms with van der Waals surface area (Å²) in [7, 11) is 0. The monoisotopic (exact) mass is 166 g/mol. The maximum Gasteiger partial charge on any atom is 0.0772 e. The summed E-state index contributed by atoms with van der Waals surface area (Å²) < 4.78 is 5.50. The highest BCUT2D eigenvalue weighted by Gasteiger charge is 2.21. The molecule has 1 N–H and O–H groups in total. The van der Waals surface area contributed by atoms with Gasteiger partial charge in [0.15, 0.2) is 0 Å². The molecule has 1 aliphatic heterocycles. The zero-order chi connectivity index (χ0) is 8.81. The van der Waals surface area contributed by atoms with E-state index in [9.17, 15) is 0 Å². The fraction of sp³-hybridized carbons (Fsp3) is 0.667. The van der Waals surface area contributed by atoms with Crippen LogP contribution >= 0.6 is 0 Å². The average Bonchev–Trinajstić information content (AvgIpc) is 2.15. The van der Waals surface area contributed by atoms with Crippen molar-refractivity contribution in [2.75, 3.05) is 19.7 Å². The van der Waals surface area contributed by atoms with E-state index in [0.29, 0.717) is 6.42 Å². The lowest BCUT2D eigenvalue weighted by molar-refractivity contribution is 0.00430. The molecule has 1 fully saturated rings. The smallest absolute Gasteiger partial charge is 0.0772 e. The van der Waals surface area contributed by atoms with Gasteiger partial charge in [-0.15, -0.1) is 6.58 Å². The third-order valence-corrected chi connectivity index (χ3v) is 2.06. The van der Waals surface area contributed by atoms with Gasteiger partial charge < -0.3 is 10.1 Å². The molecule has 0 aliphatic carbocycles. The van der Waals surface area contributed by atoms with E-state index in [-0.39, 0.29) is 12.0 Å². The van der Waals surface area contributed by atoms with Crippen LogP contribution in [-0.2, 0) is 4.74 Å². The summed E-state index contributed by atoms with van der Waals surface area (Å²) in [6.45, 7) is 6.17. The zero-order valence-corrected chi connectivity index (χ0v) is 7.12. The number of ether oxygens (including phenoxy) is 1. The molecular weight excluding hydrogens is 152 g/mol. The third kappa shape index (κ3) is 2.33. The Morgan fingerprint density at radius 2 is 2.67 bits per heavy atom. The van der Waals surface area contributed by atoms with Crippen molar-refractivity contribution in [2.45, 2.75) is 12.5 Å². The third-order valence-electron chi connectivity index (χ3n) is 2.06. The highest BCUT2D eigenvalue weighted by atomic mass is 16.5. The topological polar surface area (TPSA) is 45.0 Å². The van der Waals surface area contributed by atoms with Crippen LogP contribution in [0.25, 0.3) is 0 Å². The Kier molecular flexibility index (Phi) is 3.78. The first-order valence-corrected chi connectivity index (χ1v) is 4.20. The average molecular weight is 166 g/mol. The Morgan fingerprint density at radius 3 is 3.17 bits per heavy atom. The van der Waals surface area contributed by atoms with Crippen molar-refractivity contribution in [1.82, 2.24) is 5.32 Å². The van der Waals surface area contributed by atoms with Gasteiger partial charge in [0, 0.05) is 25.4 Å². The predicted molar refractivity (Wildman–Crippen MR) is 46.5 cm³/mol. The van der Waals surface area contributed by atoms with E-state index in [1.54, 1.807) is 6.08 Å². The van der Waals surface area contributed by atoms with Crippen LogP contribution in [-0.4, -0.2) is 25.8 Å². The van der Waals surface area contributed by atoms with Gasteiger partial charge in [-0.2, -0.15) is 5.26 Å². The van der Waals surface area contributed by atoms with Gasteiger partial charge in [-0.25, -0.2) is 0 Å². The van der Waals surface area contributed by atoms with Crippen molar-refractivity contribution in [1.29, 1.82) is 5.26 Å². The summed E-state index contributed by atoms with van der Waals surface area (Å²) in [6.07, 6.45) is 2.44. The number of hydrogen-bond acceptors (Lipinski definition) is 3. The molecule has 0 aromatic heterocycles. The first-order chi connectivity index (χ1) is 5.88. The van der Waals surface area contributed by atoms with Crippen LogP contribution < -0.4 is 5.32 Å². The second-order valence-corrected chi connectivity index (χ2v) is 2.88. The molecule has 0 bridgehead atoms. The quantitative estimate of drug-likeness (QED) is 0.627. The molecule has 1 aliphatic rings. The first-order valence-electron chi connectivity index (χ1n) is 4.20. The van der Waals surface area contributed by atoms with E-state index >= 15 is 0 Å². The Balaban J connectivity index is 2.41. The first kappa shape index (κ1) is 9.24. The lowest BCUT2D eigenvalue weighted by Crippen LogP contribution is -2.42. The summed E-state index contributed by atoms with van der Waals surface area (Å²) in [5.41, 5.74) is 0. The fourth-order valence-electron chi connectivity index (χ4n) is 1.33. The molecule has 1 heterocycles. The summed E-state index contributed by atoms with van der Waals surface area (Å²) in [5.74, 6) is 0.169. The van der Waals surface area contributed by atoms with E-state index in [1.165, 1.54) is 0 Å². The molecule has 3 heteroatoms. The number of nitrogens with zero attached hydrogens (tertiary/aromatic N) is 1. The molecule has 0 aromatic rings. The molecule has 2 unspecified atom stereocenters. The van der Waals surface area contributed by atoms with Gasteiger partial charge in [-0.3, -0.25) is 0 Å². The van der Waals surface area contributed by atoms with Crippen molar-refractivity contribution < 1.29 is 4.74 Å². The van der Waals surface area contributed by atoms with Crippen molar-refractivity contribution >= 4 is 0 Å². The minimum atomic E-state index is 0.135. The van der Waals surface area contributed by atoms with Crippen LogP contribution in [0, 0.1) is 17.2 Å². The SMILES string of the molecule is C=CC(CC#N)C1CNCCO1. The van der Waals surface area contributed by atoms with Crippen LogP contribution in [0.1, 0.15) is 6.42 Å². The molecular formula is C9H14N2O. The minimum absolute atomic E-state index is 0.135. The number of rotatable bonds is 3. The molecule has 0 spiro atoms. The van der Waals surface area contributed by atoms with Crippen LogP contribution in [0.5, 0.6) is 0 Å². The second-order valence-electron chi connectivity index (χ2n) is 2.88. The van der Waals surface area contributed by atoms with Crippen molar-refractivity contribution in [3.8, 4) is 6.07 Å². The molecule has 1 rings (SSSR count). The zero-order valence-electron chi connectivity index (χ0n) is 7.12. The second kappa shape index (κ2) is 4.91. The maximum atomic E-state index is 8.52. The lowest BCUT2D eigenvalue weighted by Gasteiger charge is -2.27. The standard InChI is InChI=1S/C9H14N2O/c1-2-8(3-4-10)9-7-11-5-6-12-9/h2,8-9,11H,1,3,5-7H2. The number of nitrogens with one attached hydrogen (secondary N) is 1. The van der Waals surface area contributed by atoms with E-state index in [0.717, 1.165) is 19.7 Å². The van der Waals surface area contributed by atoms with Gasteiger partial charge >= 0.3 is 0 Å². The van der Waals surface area contributed by atoms with Crippen molar-refractivity contribution in [3.63, 3.8) is 0 Å². The van der Waals surface area contributed by atoms with E-state index in [1.807, 2.05) is 0 Å². The van der Waals surface area contributed by atoms with Crippen molar-refractivity contribution in [2.24, 2.45) is 5.92 Å². The molecule has 0 radical (unpaired) electrons. The Hall–Kier alpha value is -0.850. The van der Waals surface area contributed by atoms with Crippen LogP contribution in [0.2, 0.25) is 0 Å². The highest BCUT2D eigenvalue weighted by molar-refractivity contribution is 4.93. The normalized spacial score (nSPS) is 25.8. The number of nitriles is 1. The largest absolute Gasteiger partial charge is 0.375 e. The molecule has 0 saturated carbocycles. The predicted octanol–water partition coefficient (Wildman–Crippen LogP) is 0.691. The Morgan fingerprint density at radius 1 is 1.83 bits per heavy atom. The summed E-state index contributed by atoms with van der Waals surface area (Å²) >= 11 is 0. The highest BCUT2D eigenvalue weighted by Crippen LogP contribution is 2.14. The van der Waals surface area contributed by atoms with Gasteiger partial charge in [0.05, 0.1) is 18.8 Å². The molecule has 0 aromatic carbocycles. The van der Waals surface area contributed by atoms with E-state index < -0.39 is 0 Å². The molecule has 1 saturated heterocycles. The van der Waals surface area contributed by atoms with Crippen LogP contribution in [0.15, 0.2) is 12.7 Å². The molecule has 66 valence electrons. The lowest BCUT2D eigenvalue weighted by atomic mass is 9.98. The molecule has 12 heavy (non-hydrogen) atoms. The van der Waals surface area contributed by atoms with E-state index in [4.69, 9.17) is 10.00 Å². The number of hydrogen-bond donors (Lipinski definition) is 1. The minimum Gasteiger partial charge on any atom is -0.375 e. The Bertz CT molecular complexity index is 179.